The van der Waals surface area contributed by atoms with Crippen LogP contribution in [-0.4, -0.2) is 26.7 Å². The first-order valence-electron chi connectivity index (χ1n) is 5.94. The van der Waals surface area contributed by atoms with Gasteiger partial charge in [0, 0.05) is 19.9 Å². The summed E-state index contributed by atoms with van der Waals surface area (Å²) >= 11 is 0. The van der Waals surface area contributed by atoms with E-state index in [1.807, 2.05) is 0 Å². The highest BCUT2D eigenvalue weighted by atomic mass is 16.4. The Morgan fingerprint density at radius 1 is 1.65 bits per heavy atom. The number of hydrogen-bond donors (Lipinski definition) is 3. The van der Waals surface area contributed by atoms with E-state index in [1.165, 1.54) is 10.9 Å². The maximum atomic E-state index is 11.9. The summed E-state index contributed by atoms with van der Waals surface area (Å²) in [4.78, 5) is 11.9. The van der Waals surface area contributed by atoms with Crippen LogP contribution in [0.4, 0.5) is 5.82 Å². The number of oxime groups is 1. The Bertz CT molecular complexity index is 615. The number of nitrogens with one attached hydrogen (secondary N) is 1. The van der Waals surface area contributed by atoms with Crippen molar-refractivity contribution in [3.63, 3.8) is 0 Å². The van der Waals surface area contributed by atoms with Crippen LogP contribution >= 0.6 is 0 Å². The van der Waals surface area contributed by atoms with Gasteiger partial charge >= 0.3 is 0 Å². The van der Waals surface area contributed by atoms with Crippen molar-refractivity contribution in [1.82, 2.24) is 9.78 Å². The van der Waals surface area contributed by atoms with Crippen molar-refractivity contribution in [2.24, 2.45) is 17.9 Å². The van der Waals surface area contributed by atoms with E-state index in [-0.39, 0.29) is 18.2 Å². The van der Waals surface area contributed by atoms with Crippen LogP contribution in [0.1, 0.15) is 17.7 Å². The summed E-state index contributed by atoms with van der Waals surface area (Å²) in [5.74, 6) is 0.794. The number of amidine groups is 1. The van der Waals surface area contributed by atoms with Crippen molar-refractivity contribution in [3.8, 4) is 0 Å². The number of amides is 1. The number of furan rings is 1. The number of aryl methyl sites for hydroxylation is 2. The van der Waals surface area contributed by atoms with Gasteiger partial charge in [0.25, 0.3) is 0 Å². The molecule has 0 unspecified atom stereocenters. The molecule has 0 aliphatic heterocycles. The van der Waals surface area contributed by atoms with E-state index in [1.54, 1.807) is 25.4 Å². The summed E-state index contributed by atoms with van der Waals surface area (Å²) in [6, 6.07) is 3.57. The van der Waals surface area contributed by atoms with E-state index in [4.69, 9.17) is 15.4 Å². The van der Waals surface area contributed by atoms with Crippen molar-refractivity contribution in [1.29, 1.82) is 0 Å². The van der Waals surface area contributed by atoms with Crippen LogP contribution in [-0.2, 0) is 18.3 Å². The SMILES string of the molecule is Cn1ncc(C(N)=NO)c1NC(=O)CCc1ccco1. The van der Waals surface area contributed by atoms with E-state index in [2.05, 4.69) is 15.6 Å². The molecule has 8 nitrogen and oxygen atoms in total. The molecule has 20 heavy (non-hydrogen) atoms. The molecule has 0 radical (unpaired) electrons. The lowest BCUT2D eigenvalue weighted by atomic mass is 10.2. The maximum absolute atomic E-state index is 11.9. The van der Waals surface area contributed by atoms with Gasteiger partial charge in [0.05, 0.1) is 18.0 Å². The molecule has 1 amide bonds. The third-order valence-corrected chi connectivity index (χ3v) is 2.76. The second-order valence-electron chi connectivity index (χ2n) is 4.14. The van der Waals surface area contributed by atoms with Crippen LogP contribution in [0.5, 0.6) is 0 Å². The highest BCUT2D eigenvalue weighted by Gasteiger charge is 2.15. The third kappa shape index (κ3) is 2.97. The quantitative estimate of drug-likeness (QED) is 0.321. The predicted molar refractivity (Wildman–Crippen MR) is 71.4 cm³/mol. The van der Waals surface area contributed by atoms with Crippen molar-refractivity contribution < 1.29 is 14.4 Å². The average molecular weight is 277 g/mol. The molecule has 2 heterocycles. The highest BCUT2D eigenvalue weighted by molar-refractivity contribution is 6.04. The third-order valence-electron chi connectivity index (χ3n) is 2.76. The molecule has 0 spiro atoms. The van der Waals surface area contributed by atoms with Crippen molar-refractivity contribution in [3.05, 3.63) is 35.9 Å². The molecule has 106 valence electrons. The summed E-state index contributed by atoms with van der Waals surface area (Å²) in [7, 11) is 1.65. The first kappa shape index (κ1) is 13.7. The van der Waals surface area contributed by atoms with Crippen molar-refractivity contribution in [2.45, 2.75) is 12.8 Å². The van der Waals surface area contributed by atoms with Gasteiger partial charge in [-0.15, -0.1) is 0 Å². The van der Waals surface area contributed by atoms with Gasteiger partial charge in [-0.1, -0.05) is 5.16 Å². The molecule has 0 aliphatic carbocycles. The molecular formula is C12H15N5O3. The highest BCUT2D eigenvalue weighted by Crippen LogP contribution is 2.14. The molecule has 4 N–H and O–H groups in total. The maximum Gasteiger partial charge on any atom is 0.225 e. The number of rotatable bonds is 5. The molecule has 0 bridgehead atoms. The van der Waals surface area contributed by atoms with E-state index in [0.717, 1.165) is 5.76 Å². The van der Waals surface area contributed by atoms with Gasteiger partial charge in [0.15, 0.2) is 5.84 Å². The lowest BCUT2D eigenvalue weighted by Crippen LogP contribution is -2.20. The molecule has 2 aromatic rings. The van der Waals surface area contributed by atoms with E-state index in [9.17, 15) is 4.79 Å². The predicted octanol–water partition coefficient (Wildman–Crippen LogP) is 0.679. The van der Waals surface area contributed by atoms with Crippen molar-refractivity contribution >= 4 is 17.6 Å². The van der Waals surface area contributed by atoms with E-state index < -0.39 is 0 Å². The monoisotopic (exact) mass is 277 g/mol. The van der Waals surface area contributed by atoms with Gasteiger partial charge in [0.2, 0.25) is 5.91 Å². The minimum atomic E-state index is -0.211. The fourth-order valence-corrected chi connectivity index (χ4v) is 1.71. The molecule has 0 aliphatic rings. The van der Waals surface area contributed by atoms with Gasteiger partial charge in [-0.05, 0) is 12.1 Å². The number of carbonyl (C=O) groups is 1. The second-order valence-corrected chi connectivity index (χ2v) is 4.14. The molecular weight excluding hydrogens is 262 g/mol. The molecule has 0 atom stereocenters. The van der Waals surface area contributed by atoms with Crippen LogP contribution in [0.2, 0.25) is 0 Å². The topological polar surface area (TPSA) is 119 Å². The summed E-state index contributed by atoms with van der Waals surface area (Å²) < 4.78 is 6.60. The zero-order valence-electron chi connectivity index (χ0n) is 10.9. The Hall–Kier alpha value is -2.77. The molecule has 0 saturated carbocycles. The second kappa shape index (κ2) is 5.91. The van der Waals surface area contributed by atoms with Crippen molar-refractivity contribution in [2.75, 3.05) is 5.32 Å². The Morgan fingerprint density at radius 2 is 2.45 bits per heavy atom. The molecule has 8 heteroatoms. The number of nitrogens with zero attached hydrogens (tertiary/aromatic N) is 3. The van der Waals surface area contributed by atoms with E-state index >= 15 is 0 Å². The van der Waals surface area contributed by atoms with Crippen LogP contribution in [0.15, 0.2) is 34.2 Å². The van der Waals surface area contributed by atoms with Crippen LogP contribution in [0.3, 0.4) is 0 Å². The standard InChI is InChI=1S/C12H15N5O3/c1-17-12(9(7-14-17)11(13)16-19)15-10(18)5-4-8-3-2-6-20-8/h2-3,6-7,19H,4-5H2,1H3,(H2,13,16)(H,15,18). The number of nitrogens with two attached hydrogens (primary N) is 1. The van der Waals surface area contributed by atoms with E-state index in [0.29, 0.717) is 17.8 Å². The average Bonchev–Trinajstić information content (AvgIpc) is 3.07. The van der Waals surface area contributed by atoms with Gasteiger partial charge in [0.1, 0.15) is 11.6 Å². The molecule has 0 fully saturated rings. The summed E-state index contributed by atoms with van der Waals surface area (Å²) in [5, 5.41) is 18.2. The molecule has 2 aromatic heterocycles. The first-order valence-corrected chi connectivity index (χ1v) is 5.94. The number of carbonyl (C=O) groups excluding carboxylic acids is 1. The Balaban J connectivity index is 2.02. The number of hydrogen-bond acceptors (Lipinski definition) is 5. The lowest BCUT2D eigenvalue weighted by Gasteiger charge is -2.07. The first-order chi connectivity index (χ1) is 9.61. The summed E-state index contributed by atoms with van der Waals surface area (Å²) in [5.41, 5.74) is 5.88. The Morgan fingerprint density at radius 3 is 3.10 bits per heavy atom. The zero-order chi connectivity index (χ0) is 14.5. The number of aromatic nitrogens is 2. The van der Waals surface area contributed by atoms with Gasteiger partial charge in [-0.25, -0.2) is 0 Å². The minimum Gasteiger partial charge on any atom is -0.469 e. The fraction of sp³-hybridized carbons (Fsp3) is 0.250. The Kier molecular flexibility index (Phi) is 4.04. The zero-order valence-corrected chi connectivity index (χ0v) is 10.9. The molecule has 2 rings (SSSR count). The molecule has 0 saturated heterocycles. The van der Waals surface area contributed by atoms with Crippen LogP contribution in [0, 0.1) is 0 Å². The summed E-state index contributed by atoms with van der Waals surface area (Å²) in [6.45, 7) is 0. The van der Waals surface area contributed by atoms with Gasteiger partial charge in [-0.2, -0.15) is 5.10 Å². The minimum absolute atomic E-state index is 0.112. The van der Waals surface area contributed by atoms with Gasteiger partial charge < -0.3 is 20.7 Å². The fourth-order valence-electron chi connectivity index (χ4n) is 1.71. The largest absolute Gasteiger partial charge is 0.469 e. The van der Waals surface area contributed by atoms with Crippen LogP contribution < -0.4 is 11.1 Å². The smallest absolute Gasteiger partial charge is 0.225 e. The summed E-state index contributed by atoms with van der Waals surface area (Å²) in [6.07, 6.45) is 3.73. The van der Waals surface area contributed by atoms with Crippen LogP contribution in [0.25, 0.3) is 0 Å². The van der Waals surface area contributed by atoms with Gasteiger partial charge in [-0.3, -0.25) is 9.48 Å². The normalized spacial score (nSPS) is 11.6. The molecule has 0 aromatic carbocycles. The number of anilines is 1. The Labute approximate surface area is 114 Å². The lowest BCUT2D eigenvalue weighted by molar-refractivity contribution is -0.116.